The first-order chi connectivity index (χ1) is 8.36. The van der Waals surface area contributed by atoms with Crippen molar-refractivity contribution < 1.29 is 10.0 Å². The van der Waals surface area contributed by atoms with Crippen molar-refractivity contribution >= 4 is 22.0 Å². The summed E-state index contributed by atoms with van der Waals surface area (Å²) in [5.41, 5.74) is 0.0849. The van der Waals surface area contributed by atoms with Crippen LogP contribution in [-0.2, 0) is 0 Å². The maximum Gasteiger partial charge on any atom is 0.304 e. The average Bonchev–Trinajstić information content (AvgIpc) is 2.73. The number of hydrogen-bond donors (Lipinski definition) is 1. The molecule has 0 aliphatic heterocycles. The van der Waals surface area contributed by atoms with E-state index >= 15 is 0 Å². The maximum atomic E-state index is 11.0. The van der Waals surface area contributed by atoms with E-state index in [4.69, 9.17) is 0 Å². The van der Waals surface area contributed by atoms with Crippen LogP contribution in [-0.4, -0.2) is 23.6 Å². The SMILES string of the molecule is CCC(C)CN(C)c1sc([C@@H](C)O)cc1[N+](=O)[O-]. The Bertz CT molecular complexity index is 417. The second-order valence-corrected chi connectivity index (χ2v) is 5.73. The summed E-state index contributed by atoms with van der Waals surface area (Å²) in [5, 5.41) is 21.2. The van der Waals surface area contributed by atoms with E-state index in [0.717, 1.165) is 13.0 Å². The number of nitrogens with zero attached hydrogens (tertiary/aromatic N) is 2. The van der Waals surface area contributed by atoms with Crippen LogP contribution in [0.5, 0.6) is 0 Å². The van der Waals surface area contributed by atoms with Crippen molar-refractivity contribution in [3.63, 3.8) is 0 Å². The zero-order valence-corrected chi connectivity index (χ0v) is 12.0. The van der Waals surface area contributed by atoms with Gasteiger partial charge in [0.25, 0.3) is 0 Å². The van der Waals surface area contributed by atoms with Gasteiger partial charge in [-0.3, -0.25) is 10.1 Å². The van der Waals surface area contributed by atoms with Crippen LogP contribution in [0.3, 0.4) is 0 Å². The number of anilines is 1. The van der Waals surface area contributed by atoms with Crippen molar-refractivity contribution in [2.75, 3.05) is 18.5 Å². The third-order valence-corrected chi connectivity index (χ3v) is 4.36. The van der Waals surface area contributed by atoms with Crippen molar-refractivity contribution in [1.82, 2.24) is 0 Å². The van der Waals surface area contributed by atoms with Crippen LogP contribution in [0.4, 0.5) is 10.7 Å². The molecule has 1 aromatic heterocycles. The summed E-state index contributed by atoms with van der Waals surface area (Å²) in [5.74, 6) is 0.478. The number of thiophene rings is 1. The van der Waals surface area contributed by atoms with E-state index in [1.165, 1.54) is 17.4 Å². The topological polar surface area (TPSA) is 66.6 Å². The molecular weight excluding hydrogens is 252 g/mol. The van der Waals surface area contributed by atoms with Crippen LogP contribution >= 0.6 is 11.3 Å². The fourth-order valence-electron chi connectivity index (χ4n) is 1.68. The first-order valence-electron chi connectivity index (χ1n) is 6.04. The first-order valence-corrected chi connectivity index (χ1v) is 6.85. The van der Waals surface area contributed by atoms with Gasteiger partial charge in [-0.15, -0.1) is 11.3 Å². The number of hydrogen-bond acceptors (Lipinski definition) is 5. The molecule has 5 nitrogen and oxygen atoms in total. The van der Waals surface area contributed by atoms with Gasteiger partial charge in [0, 0.05) is 24.5 Å². The molecule has 1 N–H and O–H groups in total. The van der Waals surface area contributed by atoms with E-state index in [9.17, 15) is 15.2 Å². The Labute approximate surface area is 111 Å². The Balaban J connectivity index is 3.02. The summed E-state index contributed by atoms with van der Waals surface area (Å²) in [7, 11) is 1.86. The van der Waals surface area contributed by atoms with Gasteiger partial charge in [-0.1, -0.05) is 20.3 Å². The quantitative estimate of drug-likeness (QED) is 0.638. The average molecular weight is 272 g/mol. The fraction of sp³-hybridized carbons (Fsp3) is 0.667. The van der Waals surface area contributed by atoms with Gasteiger partial charge in [0.2, 0.25) is 0 Å². The third-order valence-electron chi connectivity index (χ3n) is 2.95. The largest absolute Gasteiger partial charge is 0.388 e. The van der Waals surface area contributed by atoms with Crippen molar-refractivity contribution in [2.24, 2.45) is 5.92 Å². The minimum Gasteiger partial charge on any atom is -0.388 e. The lowest BCUT2D eigenvalue weighted by atomic mass is 10.1. The molecule has 0 amide bonds. The molecule has 1 rings (SSSR count). The van der Waals surface area contributed by atoms with Gasteiger partial charge >= 0.3 is 5.69 Å². The standard InChI is InChI=1S/C12H20N2O3S/c1-5-8(2)7-13(4)12-10(14(16)17)6-11(18-12)9(3)15/h6,8-9,15H,5,7H2,1-4H3/t8?,9-/m1/s1. The van der Waals surface area contributed by atoms with Crippen molar-refractivity contribution in [3.05, 3.63) is 21.1 Å². The molecule has 102 valence electrons. The van der Waals surface area contributed by atoms with Crippen LogP contribution in [0, 0.1) is 16.0 Å². The van der Waals surface area contributed by atoms with E-state index in [2.05, 4.69) is 13.8 Å². The van der Waals surface area contributed by atoms with Crippen LogP contribution in [0.15, 0.2) is 6.07 Å². The van der Waals surface area contributed by atoms with E-state index in [1.807, 2.05) is 11.9 Å². The highest BCUT2D eigenvalue weighted by atomic mass is 32.1. The summed E-state index contributed by atoms with van der Waals surface area (Å²) in [6.07, 6.45) is 0.367. The zero-order chi connectivity index (χ0) is 13.9. The molecule has 1 aromatic rings. The van der Waals surface area contributed by atoms with E-state index in [-0.39, 0.29) is 10.6 Å². The van der Waals surface area contributed by atoms with Crippen LogP contribution in [0.25, 0.3) is 0 Å². The van der Waals surface area contributed by atoms with E-state index in [0.29, 0.717) is 15.8 Å². The Morgan fingerprint density at radius 3 is 2.61 bits per heavy atom. The molecule has 0 saturated heterocycles. The summed E-state index contributed by atoms with van der Waals surface area (Å²) >= 11 is 1.29. The minimum absolute atomic E-state index is 0.0849. The lowest BCUT2D eigenvalue weighted by molar-refractivity contribution is -0.383. The molecule has 0 saturated carbocycles. The van der Waals surface area contributed by atoms with Gasteiger partial charge in [0.05, 0.1) is 11.0 Å². The molecule has 0 aliphatic carbocycles. The van der Waals surface area contributed by atoms with Crippen molar-refractivity contribution in [3.8, 4) is 0 Å². The minimum atomic E-state index is -0.667. The van der Waals surface area contributed by atoms with Gasteiger partial charge in [0.1, 0.15) is 0 Å². The predicted octanol–water partition coefficient (Wildman–Crippen LogP) is 3.19. The number of rotatable bonds is 6. The molecule has 18 heavy (non-hydrogen) atoms. The highest BCUT2D eigenvalue weighted by Crippen LogP contribution is 2.39. The number of nitro groups is 1. The molecule has 2 atom stereocenters. The summed E-state index contributed by atoms with van der Waals surface area (Å²) in [6.45, 7) is 6.61. The molecule has 0 radical (unpaired) electrons. The number of aliphatic hydroxyl groups excluding tert-OH is 1. The van der Waals surface area contributed by atoms with Gasteiger partial charge in [-0.2, -0.15) is 0 Å². The molecule has 0 fully saturated rings. The normalized spacial score (nSPS) is 14.3. The summed E-state index contributed by atoms with van der Waals surface area (Å²) < 4.78 is 0. The van der Waals surface area contributed by atoms with Crippen LogP contribution in [0.2, 0.25) is 0 Å². The first kappa shape index (κ1) is 14.9. The lowest BCUT2D eigenvalue weighted by Crippen LogP contribution is -2.23. The second kappa shape index (κ2) is 6.15. The Hall–Kier alpha value is -1.14. The van der Waals surface area contributed by atoms with Crippen molar-refractivity contribution in [2.45, 2.75) is 33.3 Å². The predicted molar refractivity (Wildman–Crippen MR) is 74.3 cm³/mol. The Morgan fingerprint density at radius 1 is 1.56 bits per heavy atom. The smallest absolute Gasteiger partial charge is 0.304 e. The Kier molecular flexibility index (Phi) is 5.10. The third kappa shape index (κ3) is 3.43. The highest BCUT2D eigenvalue weighted by molar-refractivity contribution is 7.16. The Morgan fingerprint density at radius 2 is 2.17 bits per heavy atom. The molecular formula is C12H20N2O3S. The van der Waals surface area contributed by atoms with E-state index in [1.54, 1.807) is 6.92 Å². The van der Waals surface area contributed by atoms with Crippen LogP contribution < -0.4 is 4.90 Å². The number of aliphatic hydroxyl groups is 1. The summed E-state index contributed by atoms with van der Waals surface area (Å²) in [4.78, 5) is 13.2. The molecule has 0 aliphatic rings. The highest BCUT2D eigenvalue weighted by Gasteiger charge is 2.24. The second-order valence-electron chi connectivity index (χ2n) is 4.67. The van der Waals surface area contributed by atoms with Crippen LogP contribution in [0.1, 0.15) is 38.2 Å². The van der Waals surface area contributed by atoms with Gasteiger partial charge < -0.3 is 10.0 Å². The molecule has 0 spiro atoms. The molecule has 6 heteroatoms. The van der Waals surface area contributed by atoms with Gasteiger partial charge in [-0.25, -0.2) is 0 Å². The molecule has 1 unspecified atom stereocenters. The van der Waals surface area contributed by atoms with Crippen molar-refractivity contribution in [1.29, 1.82) is 0 Å². The maximum absolute atomic E-state index is 11.0. The summed E-state index contributed by atoms with van der Waals surface area (Å²) in [6, 6.07) is 1.47. The van der Waals surface area contributed by atoms with Gasteiger partial charge in [0.15, 0.2) is 5.00 Å². The zero-order valence-electron chi connectivity index (χ0n) is 11.2. The van der Waals surface area contributed by atoms with Gasteiger partial charge in [-0.05, 0) is 12.8 Å². The molecule has 0 aromatic carbocycles. The van der Waals surface area contributed by atoms with E-state index < -0.39 is 6.10 Å². The lowest BCUT2D eigenvalue weighted by Gasteiger charge is -2.20. The fourth-order valence-corrected chi connectivity index (χ4v) is 2.71. The molecule has 0 bridgehead atoms. The monoisotopic (exact) mass is 272 g/mol. The molecule has 1 heterocycles.